The van der Waals surface area contributed by atoms with Gasteiger partial charge in [-0.15, -0.1) is 0 Å². The molecular formula is C29H28F4N2O3. The van der Waals surface area contributed by atoms with Crippen molar-refractivity contribution in [1.82, 2.24) is 0 Å². The predicted octanol–water partition coefficient (Wildman–Crippen LogP) is 7.03. The lowest BCUT2D eigenvalue weighted by molar-refractivity contribution is -0.137. The van der Waals surface area contributed by atoms with E-state index in [2.05, 4.69) is 5.32 Å². The number of hydrogen-bond acceptors (Lipinski definition) is 3. The molecule has 0 bridgehead atoms. The van der Waals surface area contributed by atoms with E-state index in [1.54, 1.807) is 14.2 Å². The van der Waals surface area contributed by atoms with E-state index in [4.69, 9.17) is 4.74 Å². The van der Waals surface area contributed by atoms with Crippen LogP contribution in [0.4, 0.5) is 28.9 Å². The van der Waals surface area contributed by atoms with Crippen LogP contribution in [0.3, 0.4) is 0 Å². The second-order valence-electron chi connectivity index (χ2n) is 9.47. The minimum atomic E-state index is -4.66. The fourth-order valence-electron chi connectivity index (χ4n) is 4.91. The second-order valence-corrected chi connectivity index (χ2v) is 9.47. The maximum Gasteiger partial charge on any atom is 0.416 e. The highest BCUT2D eigenvalue weighted by atomic mass is 19.4. The van der Waals surface area contributed by atoms with Crippen LogP contribution in [-0.4, -0.2) is 26.5 Å². The normalized spacial score (nSPS) is 17.5. The van der Waals surface area contributed by atoms with E-state index in [0.717, 1.165) is 41.7 Å². The molecule has 0 aromatic heterocycles. The van der Waals surface area contributed by atoms with Crippen LogP contribution >= 0.6 is 0 Å². The van der Waals surface area contributed by atoms with Crippen molar-refractivity contribution >= 4 is 23.7 Å². The number of nitrogens with one attached hydrogen (secondary N) is 1. The molecule has 2 atom stereocenters. The number of anilines is 2. The molecule has 1 aliphatic carbocycles. The summed E-state index contributed by atoms with van der Waals surface area (Å²) in [5, 5.41) is 2.47. The Morgan fingerprint density at radius 3 is 2.37 bits per heavy atom. The number of halogens is 4. The van der Waals surface area contributed by atoms with Crippen molar-refractivity contribution in [1.29, 1.82) is 0 Å². The van der Waals surface area contributed by atoms with Crippen molar-refractivity contribution in [3.8, 4) is 16.9 Å². The molecule has 2 unspecified atom stereocenters. The van der Waals surface area contributed by atoms with Crippen molar-refractivity contribution in [2.24, 2.45) is 5.92 Å². The molecule has 0 spiro atoms. The molecule has 0 radical (unpaired) electrons. The zero-order valence-corrected chi connectivity index (χ0v) is 21.0. The Kier molecular flexibility index (Phi) is 8.04. The summed E-state index contributed by atoms with van der Waals surface area (Å²) >= 11 is 0. The summed E-state index contributed by atoms with van der Waals surface area (Å²) in [5.74, 6) is -1.17. The number of nitrogens with zero attached hydrogens (tertiary/aromatic N) is 1. The predicted molar refractivity (Wildman–Crippen MR) is 138 cm³/mol. The lowest BCUT2D eigenvalue weighted by Gasteiger charge is -2.29. The molecular weight excluding hydrogens is 500 g/mol. The molecule has 1 N–H and O–H groups in total. The van der Waals surface area contributed by atoms with Gasteiger partial charge in [0.25, 0.3) is 0 Å². The fraction of sp³-hybridized carbons (Fsp3) is 0.310. The van der Waals surface area contributed by atoms with Gasteiger partial charge in [0.15, 0.2) is 0 Å². The minimum Gasteiger partial charge on any atom is -0.495 e. The Labute approximate surface area is 218 Å². The number of ether oxygens (including phenoxy) is 1. The number of carbonyl (C=O) groups excluding carboxylic acids is 2. The molecule has 1 saturated carbocycles. The molecule has 4 rings (SSSR count). The highest BCUT2D eigenvalue weighted by Crippen LogP contribution is 2.39. The number of alkyl halides is 3. The first-order valence-corrected chi connectivity index (χ1v) is 12.2. The summed E-state index contributed by atoms with van der Waals surface area (Å²) in [6.07, 6.45) is -1.05. The molecule has 5 nitrogen and oxygen atoms in total. The smallest absolute Gasteiger partial charge is 0.416 e. The number of rotatable bonds is 7. The maximum absolute atomic E-state index is 14.2. The Balaban J connectivity index is 1.45. The standard InChI is InChI=1S/C29H28F4N2O3/c1-35(17-36)26-15-21(10-13-27(26)38-2)19-8-6-18(7-9-19)20-4-3-5-22(14-20)28(37)34-25-12-11-23(16-24(25)30)29(31,32)33/h6-13,15-17,20,22H,3-5,14H2,1-2H3,(H,34,37). The van der Waals surface area contributed by atoms with Crippen LogP contribution in [-0.2, 0) is 15.8 Å². The van der Waals surface area contributed by atoms with E-state index in [-0.39, 0.29) is 17.5 Å². The second kappa shape index (κ2) is 11.2. The topological polar surface area (TPSA) is 58.6 Å². The van der Waals surface area contributed by atoms with E-state index in [9.17, 15) is 27.2 Å². The molecule has 0 aliphatic heterocycles. The quantitative estimate of drug-likeness (QED) is 0.265. The van der Waals surface area contributed by atoms with Gasteiger partial charge in [-0.05, 0) is 72.2 Å². The summed E-state index contributed by atoms with van der Waals surface area (Å²) in [7, 11) is 3.20. The van der Waals surface area contributed by atoms with Crippen LogP contribution in [0.2, 0.25) is 0 Å². The van der Waals surface area contributed by atoms with Crippen LogP contribution in [0, 0.1) is 11.7 Å². The Bertz CT molecular complexity index is 1310. The lowest BCUT2D eigenvalue weighted by Crippen LogP contribution is -2.28. The number of amides is 2. The average molecular weight is 529 g/mol. The summed E-state index contributed by atoms with van der Waals surface area (Å²) in [6.45, 7) is 0. The van der Waals surface area contributed by atoms with Gasteiger partial charge in [0.2, 0.25) is 12.3 Å². The number of methoxy groups -OCH3 is 1. The van der Waals surface area contributed by atoms with Crippen LogP contribution in [0.25, 0.3) is 11.1 Å². The summed E-state index contributed by atoms with van der Waals surface area (Å²) in [4.78, 5) is 25.6. The molecule has 3 aromatic carbocycles. The Morgan fingerprint density at radius 1 is 1.03 bits per heavy atom. The number of carbonyl (C=O) groups is 2. The first-order chi connectivity index (χ1) is 18.1. The van der Waals surface area contributed by atoms with Crippen molar-refractivity contribution in [3.63, 3.8) is 0 Å². The molecule has 3 aromatic rings. The third kappa shape index (κ3) is 5.98. The molecule has 2 amide bonds. The van der Waals surface area contributed by atoms with Gasteiger partial charge >= 0.3 is 6.18 Å². The first kappa shape index (κ1) is 27.2. The maximum atomic E-state index is 14.2. The van der Waals surface area contributed by atoms with Crippen molar-refractivity contribution in [2.75, 3.05) is 24.4 Å². The summed E-state index contributed by atoms with van der Waals surface area (Å²) in [6, 6.07) is 15.7. The van der Waals surface area contributed by atoms with Gasteiger partial charge in [0.1, 0.15) is 11.6 Å². The molecule has 0 saturated heterocycles. The van der Waals surface area contributed by atoms with E-state index in [1.165, 1.54) is 4.90 Å². The van der Waals surface area contributed by atoms with E-state index in [0.29, 0.717) is 36.8 Å². The number of hydrogen-bond donors (Lipinski definition) is 1. The van der Waals surface area contributed by atoms with Gasteiger partial charge in [-0.1, -0.05) is 36.8 Å². The minimum absolute atomic E-state index is 0.124. The summed E-state index contributed by atoms with van der Waals surface area (Å²) in [5.41, 5.74) is 2.24. The zero-order chi connectivity index (χ0) is 27.4. The highest BCUT2D eigenvalue weighted by Gasteiger charge is 2.32. The van der Waals surface area contributed by atoms with E-state index >= 15 is 0 Å². The van der Waals surface area contributed by atoms with Crippen LogP contribution in [0.1, 0.15) is 42.7 Å². The van der Waals surface area contributed by atoms with Crippen molar-refractivity contribution in [3.05, 3.63) is 77.6 Å². The highest BCUT2D eigenvalue weighted by molar-refractivity contribution is 5.92. The van der Waals surface area contributed by atoms with Gasteiger partial charge in [-0.2, -0.15) is 13.2 Å². The Morgan fingerprint density at radius 2 is 1.74 bits per heavy atom. The van der Waals surface area contributed by atoms with Crippen LogP contribution in [0.5, 0.6) is 5.75 Å². The molecule has 1 aliphatic rings. The lowest BCUT2D eigenvalue weighted by atomic mass is 9.77. The molecule has 9 heteroatoms. The first-order valence-electron chi connectivity index (χ1n) is 12.2. The Hall–Kier alpha value is -3.88. The van der Waals surface area contributed by atoms with E-state index in [1.807, 2.05) is 42.5 Å². The van der Waals surface area contributed by atoms with Crippen molar-refractivity contribution < 1.29 is 31.9 Å². The molecule has 38 heavy (non-hydrogen) atoms. The van der Waals surface area contributed by atoms with Crippen molar-refractivity contribution in [2.45, 2.75) is 37.8 Å². The fourth-order valence-corrected chi connectivity index (χ4v) is 4.91. The van der Waals surface area contributed by atoms with Gasteiger partial charge in [0.05, 0.1) is 24.0 Å². The van der Waals surface area contributed by atoms with Gasteiger partial charge in [-0.3, -0.25) is 9.59 Å². The third-order valence-corrected chi connectivity index (χ3v) is 7.03. The monoisotopic (exact) mass is 528 g/mol. The van der Waals surface area contributed by atoms with Gasteiger partial charge < -0.3 is 15.0 Å². The summed E-state index contributed by atoms with van der Waals surface area (Å²) < 4.78 is 58.0. The molecule has 200 valence electrons. The molecule has 0 heterocycles. The third-order valence-electron chi connectivity index (χ3n) is 7.03. The van der Waals surface area contributed by atoms with Crippen LogP contribution < -0.4 is 15.0 Å². The average Bonchev–Trinajstić information content (AvgIpc) is 2.93. The van der Waals surface area contributed by atoms with Gasteiger partial charge in [0, 0.05) is 13.0 Å². The number of benzene rings is 3. The van der Waals surface area contributed by atoms with Gasteiger partial charge in [-0.25, -0.2) is 4.39 Å². The SMILES string of the molecule is COc1ccc(-c2ccc(C3CCCC(C(=O)Nc4ccc(C(F)(F)F)cc4F)C3)cc2)cc1N(C)C=O. The molecule has 1 fully saturated rings. The largest absolute Gasteiger partial charge is 0.495 e. The van der Waals surface area contributed by atoms with E-state index < -0.39 is 23.5 Å². The zero-order valence-electron chi connectivity index (χ0n) is 21.0. The van der Waals surface area contributed by atoms with Crippen LogP contribution in [0.15, 0.2) is 60.7 Å².